The van der Waals surface area contributed by atoms with Crippen LogP contribution in [-0.2, 0) is 16.1 Å². The van der Waals surface area contributed by atoms with Crippen LogP contribution in [0.2, 0.25) is 5.28 Å². The molecular formula is C30H31ClN8O5S. The van der Waals surface area contributed by atoms with Crippen molar-refractivity contribution in [2.75, 3.05) is 31.5 Å². The Labute approximate surface area is 267 Å². The van der Waals surface area contributed by atoms with E-state index in [0.717, 1.165) is 15.8 Å². The standard InChI is InChI=1S/C30H31ClN8O5S/c1-15-8-32-23-21-18(45-24(23)25(41)35-15)6-5-17-22(21)33-10-19(36-17)43-26-16(9-34-27(31)37-26)11-38-12-30(7-20(38)40)13-39(14-30)28(42)44-29(2,3)4/h5-6,9-10,15,32H,7-8,11-14H2,1-4H3,(H,35,41)/t15-/m1/s1. The van der Waals surface area contributed by atoms with Gasteiger partial charge in [-0.2, -0.15) is 4.98 Å². The number of anilines is 1. The summed E-state index contributed by atoms with van der Waals surface area (Å²) in [6.07, 6.45) is 3.00. The van der Waals surface area contributed by atoms with Crippen molar-refractivity contribution in [3.63, 3.8) is 0 Å². The third kappa shape index (κ3) is 5.56. The van der Waals surface area contributed by atoms with E-state index in [0.29, 0.717) is 54.1 Å². The molecule has 0 bridgehead atoms. The summed E-state index contributed by atoms with van der Waals surface area (Å²) in [5.74, 6) is 0.216. The summed E-state index contributed by atoms with van der Waals surface area (Å²) in [7, 11) is 0. The molecule has 1 spiro atoms. The maximum absolute atomic E-state index is 13.1. The SMILES string of the molecule is C[C@@H]1CNc2c(sc3ccc4nc(Oc5nc(Cl)ncc5CN5CC6(CC5=O)CN(C(=O)OC(C)(C)C)C6)cnc4c23)C(=O)N1. The fourth-order valence-corrected chi connectivity index (χ4v) is 7.26. The third-order valence-electron chi connectivity index (χ3n) is 7.98. The maximum Gasteiger partial charge on any atom is 0.410 e. The maximum atomic E-state index is 13.1. The van der Waals surface area contributed by atoms with Gasteiger partial charge >= 0.3 is 6.09 Å². The van der Waals surface area contributed by atoms with Crippen LogP contribution in [0.15, 0.2) is 24.5 Å². The number of rotatable bonds is 4. The van der Waals surface area contributed by atoms with Crippen LogP contribution in [0.3, 0.4) is 0 Å². The van der Waals surface area contributed by atoms with Crippen molar-refractivity contribution in [3.8, 4) is 11.8 Å². The molecule has 2 fully saturated rings. The second-order valence-corrected chi connectivity index (χ2v) is 14.3. The number of benzene rings is 1. The van der Waals surface area contributed by atoms with Crippen LogP contribution in [0.1, 0.15) is 49.4 Å². The first-order valence-corrected chi connectivity index (χ1v) is 15.8. The molecule has 13 nitrogen and oxygen atoms in total. The summed E-state index contributed by atoms with van der Waals surface area (Å²) >= 11 is 7.55. The van der Waals surface area contributed by atoms with Gasteiger partial charge in [0.2, 0.25) is 23.0 Å². The Morgan fingerprint density at radius 3 is 2.73 bits per heavy atom. The molecule has 0 unspecified atom stereocenters. The number of amides is 3. The zero-order valence-electron chi connectivity index (χ0n) is 25.1. The Hall–Kier alpha value is -4.30. The Balaban J connectivity index is 1.10. The molecule has 3 aliphatic heterocycles. The molecule has 2 saturated heterocycles. The van der Waals surface area contributed by atoms with Crippen molar-refractivity contribution in [2.45, 2.75) is 52.3 Å². The van der Waals surface area contributed by atoms with Gasteiger partial charge in [-0.3, -0.25) is 9.59 Å². The molecule has 7 rings (SSSR count). The van der Waals surface area contributed by atoms with Crippen molar-refractivity contribution in [1.29, 1.82) is 0 Å². The molecular weight excluding hydrogens is 620 g/mol. The van der Waals surface area contributed by atoms with E-state index < -0.39 is 5.60 Å². The molecule has 0 saturated carbocycles. The Morgan fingerprint density at radius 2 is 1.96 bits per heavy atom. The van der Waals surface area contributed by atoms with Crippen molar-refractivity contribution in [1.82, 2.24) is 35.1 Å². The minimum atomic E-state index is -0.582. The number of carbonyl (C=O) groups is 3. The normalized spacial score (nSPS) is 19.3. The van der Waals surface area contributed by atoms with Crippen LogP contribution in [0.25, 0.3) is 21.1 Å². The molecule has 1 aromatic carbocycles. The minimum absolute atomic E-state index is 0.0101. The van der Waals surface area contributed by atoms with E-state index in [2.05, 4.69) is 30.6 Å². The van der Waals surface area contributed by atoms with Crippen molar-refractivity contribution < 1.29 is 23.9 Å². The molecule has 6 heterocycles. The molecule has 2 N–H and O–H groups in total. The summed E-state index contributed by atoms with van der Waals surface area (Å²) in [6.45, 7) is 9.62. The first-order valence-electron chi connectivity index (χ1n) is 14.6. The smallest absolute Gasteiger partial charge is 0.410 e. The number of halogens is 1. The zero-order valence-corrected chi connectivity index (χ0v) is 26.7. The lowest BCUT2D eigenvalue weighted by atomic mass is 9.79. The summed E-state index contributed by atoms with van der Waals surface area (Å²) < 4.78 is 12.5. The van der Waals surface area contributed by atoms with E-state index >= 15 is 0 Å². The number of carbonyl (C=O) groups excluding carboxylic acids is 3. The van der Waals surface area contributed by atoms with E-state index in [1.54, 1.807) is 9.80 Å². The Bertz CT molecular complexity index is 1890. The quantitative estimate of drug-likeness (QED) is 0.300. The minimum Gasteiger partial charge on any atom is -0.444 e. The van der Waals surface area contributed by atoms with Gasteiger partial charge in [-0.25, -0.2) is 19.7 Å². The number of nitrogens with one attached hydrogen (secondary N) is 2. The third-order valence-corrected chi connectivity index (χ3v) is 9.31. The van der Waals surface area contributed by atoms with Crippen LogP contribution in [0, 0.1) is 5.41 Å². The second-order valence-electron chi connectivity index (χ2n) is 12.9. The molecule has 3 aromatic heterocycles. The Kier molecular flexibility index (Phi) is 6.96. The van der Waals surface area contributed by atoms with E-state index in [1.165, 1.54) is 23.7 Å². The lowest BCUT2D eigenvalue weighted by molar-refractivity contribution is -0.128. The van der Waals surface area contributed by atoms with Crippen LogP contribution >= 0.6 is 22.9 Å². The fraction of sp³-hybridized carbons (Fsp3) is 0.433. The number of likely N-dealkylation sites (tertiary alicyclic amines) is 2. The van der Waals surface area contributed by atoms with E-state index in [-0.39, 0.29) is 53.0 Å². The highest BCUT2D eigenvalue weighted by Crippen LogP contribution is 2.43. The Morgan fingerprint density at radius 1 is 1.16 bits per heavy atom. The number of nitrogens with zero attached hydrogens (tertiary/aromatic N) is 6. The average molecular weight is 651 g/mol. The number of fused-ring (bicyclic) bond motifs is 5. The van der Waals surface area contributed by atoms with Crippen LogP contribution in [0.4, 0.5) is 10.5 Å². The first-order chi connectivity index (χ1) is 21.4. The van der Waals surface area contributed by atoms with Gasteiger partial charge in [0.25, 0.3) is 5.91 Å². The number of thiophene rings is 1. The second kappa shape index (κ2) is 10.7. The van der Waals surface area contributed by atoms with Gasteiger partial charge in [-0.05, 0) is 51.4 Å². The topological polar surface area (TPSA) is 152 Å². The van der Waals surface area contributed by atoms with Gasteiger partial charge in [-0.1, -0.05) is 0 Å². The molecule has 1 atom stereocenters. The number of aromatic nitrogens is 4. The van der Waals surface area contributed by atoms with Gasteiger partial charge < -0.3 is 29.9 Å². The predicted octanol–water partition coefficient (Wildman–Crippen LogP) is 4.59. The van der Waals surface area contributed by atoms with Crippen molar-refractivity contribution in [2.24, 2.45) is 5.41 Å². The number of ether oxygens (including phenoxy) is 2. The molecule has 4 aromatic rings. The predicted molar refractivity (Wildman–Crippen MR) is 168 cm³/mol. The van der Waals surface area contributed by atoms with Crippen LogP contribution < -0.4 is 15.4 Å². The first kappa shape index (κ1) is 29.4. The molecule has 0 aliphatic carbocycles. The largest absolute Gasteiger partial charge is 0.444 e. The number of hydrogen-bond donors (Lipinski definition) is 2. The van der Waals surface area contributed by atoms with E-state index in [4.69, 9.17) is 21.1 Å². The lowest BCUT2D eigenvalue weighted by Crippen LogP contribution is -2.60. The van der Waals surface area contributed by atoms with Gasteiger partial charge in [0.15, 0.2) is 0 Å². The van der Waals surface area contributed by atoms with Crippen molar-refractivity contribution in [3.05, 3.63) is 40.3 Å². The highest BCUT2D eigenvalue weighted by atomic mass is 35.5. The highest BCUT2D eigenvalue weighted by molar-refractivity contribution is 7.21. The molecule has 45 heavy (non-hydrogen) atoms. The highest BCUT2D eigenvalue weighted by Gasteiger charge is 2.53. The van der Waals surface area contributed by atoms with Gasteiger partial charge in [0.1, 0.15) is 10.5 Å². The average Bonchev–Trinajstić information content (AvgIpc) is 3.45. The van der Waals surface area contributed by atoms with Gasteiger partial charge in [0.05, 0.1) is 35.0 Å². The zero-order chi connectivity index (χ0) is 31.7. The molecule has 0 radical (unpaired) electrons. The lowest BCUT2D eigenvalue weighted by Gasteiger charge is -2.47. The van der Waals surface area contributed by atoms with E-state index in [9.17, 15) is 14.4 Å². The van der Waals surface area contributed by atoms with Crippen molar-refractivity contribution >= 4 is 67.7 Å². The van der Waals surface area contributed by atoms with Gasteiger partial charge in [-0.15, -0.1) is 11.3 Å². The summed E-state index contributed by atoms with van der Waals surface area (Å²) in [5.41, 5.74) is 1.63. The fourth-order valence-electron chi connectivity index (χ4n) is 6.05. The van der Waals surface area contributed by atoms with Crippen LogP contribution in [0.5, 0.6) is 11.8 Å². The molecule has 3 aliphatic rings. The number of hydrogen-bond acceptors (Lipinski definition) is 11. The summed E-state index contributed by atoms with van der Waals surface area (Å²) in [5, 5.41) is 7.21. The van der Waals surface area contributed by atoms with Gasteiger partial charge in [0, 0.05) is 60.3 Å². The summed E-state index contributed by atoms with van der Waals surface area (Å²) in [6, 6.07) is 3.74. The van der Waals surface area contributed by atoms with E-state index in [1.807, 2.05) is 39.8 Å². The van der Waals surface area contributed by atoms with Crippen LogP contribution in [-0.4, -0.2) is 85.5 Å². The summed E-state index contributed by atoms with van der Waals surface area (Å²) in [4.78, 5) is 60.0. The molecule has 15 heteroatoms. The molecule has 3 amide bonds. The molecule has 234 valence electrons. The monoisotopic (exact) mass is 650 g/mol.